The molecule has 1 aromatic rings. The first-order valence-electron chi connectivity index (χ1n) is 6.29. The number of nitrogens with one attached hydrogen (secondary N) is 1. The van der Waals surface area contributed by atoms with Gasteiger partial charge in [0, 0.05) is 5.69 Å². The van der Waals surface area contributed by atoms with Crippen molar-refractivity contribution >= 4 is 11.8 Å². The Hall–Kier alpha value is -1.51. The standard InChI is InChI=1S/C14H21NO2/c1-3-5-6-12-7-9-13(10-8-12)15-14(16)17-11-4-2/h7-10H,3-6,11H2,1-2H3,(H,15,16). The summed E-state index contributed by atoms with van der Waals surface area (Å²) in [6.07, 6.45) is 3.95. The number of carbonyl (C=O) groups excluding carboxylic acids is 1. The molecule has 0 atom stereocenters. The van der Waals surface area contributed by atoms with Crippen molar-refractivity contribution in [2.24, 2.45) is 0 Å². The molecule has 0 saturated heterocycles. The molecule has 0 radical (unpaired) electrons. The second-order valence-corrected chi connectivity index (χ2v) is 4.06. The molecule has 3 nitrogen and oxygen atoms in total. The van der Waals surface area contributed by atoms with Crippen LogP contribution in [0.3, 0.4) is 0 Å². The van der Waals surface area contributed by atoms with Crippen LogP contribution in [0.1, 0.15) is 38.7 Å². The zero-order chi connectivity index (χ0) is 12.5. The molecule has 0 bridgehead atoms. The van der Waals surface area contributed by atoms with Gasteiger partial charge in [-0.3, -0.25) is 5.32 Å². The Bertz CT molecular complexity index is 333. The van der Waals surface area contributed by atoms with Crippen LogP contribution in [0.15, 0.2) is 24.3 Å². The fraction of sp³-hybridized carbons (Fsp3) is 0.500. The molecule has 0 aromatic heterocycles. The lowest BCUT2D eigenvalue weighted by molar-refractivity contribution is 0.161. The van der Waals surface area contributed by atoms with E-state index in [4.69, 9.17) is 4.74 Å². The van der Waals surface area contributed by atoms with Crippen LogP contribution in [0, 0.1) is 0 Å². The van der Waals surface area contributed by atoms with E-state index < -0.39 is 0 Å². The fourth-order valence-corrected chi connectivity index (χ4v) is 1.48. The maximum atomic E-state index is 11.3. The van der Waals surface area contributed by atoms with Crippen molar-refractivity contribution in [2.75, 3.05) is 11.9 Å². The predicted octanol–water partition coefficient (Wildman–Crippen LogP) is 3.99. The smallest absolute Gasteiger partial charge is 0.411 e. The number of rotatable bonds is 6. The molecule has 0 spiro atoms. The average molecular weight is 235 g/mol. The van der Waals surface area contributed by atoms with Gasteiger partial charge >= 0.3 is 6.09 Å². The van der Waals surface area contributed by atoms with Crippen molar-refractivity contribution in [3.63, 3.8) is 0 Å². The molecular weight excluding hydrogens is 214 g/mol. The van der Waals surface area contributed by atoms with E-state index in [0.29, 0.717) is 6.61 Å². The molecule has 1 rings (SSSR count). The van der Waals surface area contributed by atoms with Crippen LogP contribution in [-0.2, 0) is 11.2 Å². The summed E-state index contributed by atoms with van der Waals surface area (Å²) in [5.74, 6) is 0. The Kier molecular flexibility index (Phi) is 6.15. The summed E-state index contributed by atoms with van der Waals surface area (Å²) in [6, 6.07) is 7.92. The number of unbranched alkanes of at least 4 members (excludes halogenated alkanes) is 1. The number of hydrogen-bond donors (Lipinski definition) is 1. The Morgan fingerprint density at radius 2 is 1.88 bits per heavy atom. The second-order valence-electron chi connectivity index (χ2n) is 4.06. The second kappa shape index (κ2) is 7.71. The Labute approximate surface area is 103 Å². The maximum absolute atomic E-state index is 11.3. The Balaban J connectivity index is 2.42. The number of ether oxygens (including phenoxy) is 1. The van der Waals surface area contributed by atoms with E-state index in [0.717, 1.165) is 18.5 Å². The molecule has 0 heterocycles. The van der Waals surface area contributed by atoms with Crippen LogP contribution in [0.4, 0.5) is 10.5 Å². The zero-order valence-electron chi connectivity index (χ0n) is 10.7. The van der Waals surface area contributed by atoms with Crippen molar-refractivity contribution < 1.29 is 9.53 Å². The van der Waals surface area contributed by atoms with Gasteiger partial charge in [-0.15, -0.1) is 0 Å². The van der Waals surface area contributed by atoms with Gasteiger partial charge < -0.3 is 4.74 Å². The van der Waals surface area contributed by atoms with Crippen molar-refractivity contribution in [1.82, 2.24) is 0 Å². The van der Waals surface area contributed by atoms with Crippen molar-refractivity contribution in [3.8, 4) is 0 Å². The van der Waals surface area contributed by atoms with Gasteiger partial charge in [-0.05, 0) is 37.0 Å². The Morgan fingerprint density at radius 1 is 1.18 bits per heavy atom. The minimum Gasteiger partial charge on any atom is -0.449 e. The lowest BCUT2D eigenvalue weighted by atomic mass is 10.1. The molecule has 0 aliphatic rings. The lowest BCUT2D eigenvalue weighted by Gasteiger charge is -2.06. The van der Waals surface area contributed by atoms with Gasteiger partial charge in [0.05, 0.1) is 6.61 Å². The van der Waals surface area contributed by atoms with E-state index in [2.05, 4.69) is 12.2 Å². The lowest BCUT2D eigenvalue weighted by Crippen LogP contribution is -2.13. The highest BCUT2D eigenvalue weighted by molar-refractivity contribution is 5.84. The molecular formula is C14H21NO2. The number of benzene rings is 1. The molecule has 17 heavy (non-hydrogen) atoms. The SMILES string of the molecule is CCCCc1ccc(NC(=O)OCCC)cc1. The van der Waals surface area contributed by atoms with Crippen LogP contribution in [0.5, 0.6) is 0 Å². The first kappa shape index (κ1) is 13.6. The molecule has 94 valence electrons. The van der Waals surface area contributed by atoms with Crippen LogP contribution in [0.2, 0.25) is 0 Å². The fourth-order valence-electron chi connectivity index (χ4n) is 1.48. The van der Waals surface area contributed by atoms with Crippen molar-refractivity contribution in [3.05, 3.63) is 29.8 Å². The van der Waals surface area contributed by atoms with Crippen LogP contribution >= 0.6 is 0 Å². The third-order valence-corrected chi connectivity index (χ3v) is 2.46. The molecule has 3 heteroatoms. The zero-order valence-corrected chi connectivity index (χ0v) is 10.7. The van der Waals surface area contributed by atoms with E-state index in [-0.39, 0.29) is 6.09 Å². The average Bonchev–Trinajstić information content (AvgIpc) is 2.35. The van der Waals surface area contributed by atoms with Crippen LogP contribution in [0.25, 0.3) is 0 Å². The minimum absolute atomic E-state index is 0.381. The molecule has 1 aromatic carbocycles. The first-order valence-corrected chi connectivity index (χ1v) is 6.29. The normalized spacial score (nSPS) is 10.0. The van der Waals surface area contributed by atoms with Gasteiger partial charge in [-0.25, -0.2) is 4.79 Å². The highest BCUT2D eigenvalue weighted by Gasteiger charge is 2.01. The van der Waals surface area contributed by atoms with E-state index in [1.807, 2.05) is 31.2 Å². The van der Waals surface area contributed by atoms with Gasteiger partial charge in [0.1, 0.15) is 0 Å². The van der Waals surface area contributed by atoms with Gasteiger partial charge in [0.15, 0.2) is 0 Å². The number of anilines is 1. The number of hydrogen-bond acceptors (Lipinski definition) is 2. The summed E-state index contributed by atoms with van der Waals surface area (Å²) >= 11 is 0. The number of aryl methyl sites for hydroxylation is 1. The van der Waals surface area contributed by atoms with Crippen LogP contribution < -0.4 is 5.32 Å². The monoisotopic (exact) mass is 235 g/mol. The summed E-state index contributed by atoms with van der Waals surface area (Å²) in [6.45, 7) is 4.61. The quantitative estimate of drug-likeness (QED) is 0.809. The first-order chi connectivity index (χ1) is 8.26. The largest absolute Gasteiger partial charge is 0.449 e. The molecule has 1 amide bonds. The van der Waals surface area contributed by atoms with Gasteiger partial charge in [0.2, 0.25) is 0 Å². The molecule has 0 aliphatic heterocycles. The topological polar surface area (TPSA) is 38.3 Å². The maximum Gasteiger partial charge on any atom is 0.411 e. The van der Waals surface area contributed by atoms with Gasteiger partial charge in [-0.2, -0.15) is 0 Å². The van der Waals surface area contributed by atoms with E-state index in [1.165, 1.54) is 18.4 Å². The van der Waals surface area contributed by atoms with E-state index in [9.17, 15) is 4.79 Å². The van der Waals surface area contributed by atoms with E-state index in [1.54, 1.807) is 0 Å². The molecule has 0 aliphatic carbocycles. The molecule has 1 N–H and O–H groups in total. The summed E-state index contributed by atoms with van der Waals surface area (Å²) in [4.78, 5) is 11.3. The van der Waals surface area contributed by atoms with Crippen molar-refractivity contribution in [2.45, 2.75) is 39.5 Å². The Morgan fingerprint density at radius 3 is 2.47 bits per heavy atom. The summed E-state index contributed by atoms with van der Waals surface area (Å²) in [5.41, 5.74) is 2.09. The minimum atomic E-state index is -0.381. The number of amides is 1. The molecule has 0 saturated carbocycles. The number of carbonyl (C=O) groups is 1. The van der Waals surface area contributed by atoms with E-state index >= 15 is 0 Å². The summed E-state index contributed by atoms with van der Waals surface area (Å²) in [5, 5.41) is 2.70. The molecule has 0 fully saturated rings. The third-order valence-electron chi connectivity index (χ3n) is 2.46. The predicted molar refractivity (Wildman–Crippen MR) is 70.3 cm³/mol. The van der Waals surface area contributed by atoms with Crippen molar-refractivity contribution in [1.29, 1.82) is 0 Å². The summed E-state index contributed by atoms with van der Waals surface area (Å²) in [7, 11) is 0. The van der Waals surface area contributed by atoms with Crippen LogP contribution in [-0.4, -0.2) is 12.7 Å². The summed E-state index contributed by atoms with van der Waals surface area (Å²) < 4.78 is 4.94. The third kappa shape index (κ3) is 5.38. The highest BCUT2D eigenvalue weighted by Crippen LogP contribution is 2.12. The van der Waals surface area contributed by atoms with Gasteiger partial charge in [0.25, 0.3) is 0 Å². The molecule has 0 unspecified atom stereocenters. The van der Waals surface area contributed by atoms with Gasteiger partial charge in [-0.1, -0.05) is 32.4 Å². The highest BCUT2D eigenvalue weighted by atomic mass is 16.5.